The number of carbonyl (C=O) groups excluding carboxylic acids is 3. The van der Waals surface area contributed by atoms with Crippen molar-refractivity contribution in [1.82, 2.24) is 4.90 Å². The van der Waals surface area contributed by atoms with E-state index in [4.69, 9.17) is 0 Å². The van der Waals surface area contributed by atoms with Crippen molar-refractivity contribution in [2.24, 2.45) is 0 Å². The number of hydrogen-bond acceptors (Lipinski definition) is 4. The number of carbonyl (C=O) groups is 3. The third kappa shape index (κ3) is 2.00. The van der Waals surface area contributed by atoms with Crippen molar-refractivity contribution in [2.75, 3.05) is 23.8 Å². The van der Waals surface area contributed by atoms with Gasteiger partial charge in [0.05, 0.1) is 22.5 Å². The Morgan fingerprint density at radius 1 is 0.917 bits per heavy atom. The highest BCUT2D eigenvalue weighted by molar-refractivity contribution is 6.23. The van der Waals surface area contributed by atoms with E-state index in [0.29, 0.717) is 16.8 Å². The Labute approximate surface area is 138 Å². The fourth-order valence-electron chi connectivity index (χ4n) is 3.26. The molecule has 4 rings (SSSR count). The summed E-state index contributed by atoms with van der Waals surface area (Å²) in [5, 5.41) is 2.82. The molecule has 24 heavy (non-hydrogen) atoms. The Morgan fingerprint density at radius 2 is 1.50 bits per heavy atom. The van der Waals surface area contributed by atoms with Crippen LogP contribution in [0.5, 0.6) is 0 Å². The van der Waals surface area contributed by atoms with Crippen molar-refractivity contribution < 1.29 is 14.4 Å². The molecule has 0 saturated heterocycles. The summed E-state index contributed by atoms with van der Waals surface area (Å²) < 4.78 is 0. The van der Waals surface area contributed by atoms with Gasteiger partial charge >= 0.3 is 0 Å². The summed E-state index contributed by atoms with van der Waals surface area (Å²) in [7, 11) is 1.84. The first-order valence-electron chi connectivity index (χ1n) is 7.66. The molecule has 3 amide bonds. The third-order valence-corrected chi connectivity index (χ3v) is 4.46. The second-order valence-electron chi connectivity index (χ2n) is 5.93. The number of amides is 3. The Morgan fingerprint density at radius 3 is 2.17 bits per heavy atom. The van der Waals surface area contributed by atoms with Crippen molar-refractivity contribution in [3.63, 3.8) is 0 Å². The number of fused-ring (bicyclic) bond motifs is 2. The van der Waals surface area contributed by atoms with Crippen LogP contribution >= 0.6 is 0 Å². The van der Waals surface area contributed by atoms with Gasteiger partial charge in [-0.25, -0.2) is 0 Å². The van der Waals surface area contributed by atoms with Crippen molar-refractivity contribution in [3.8, 4) is 0 Å². The van der Waals surface area contributed by atoms with E-state index >= 15 is 0 Å². The Kier molecular flexibility index (Phi) is 3.13. The standard InChI is InChI=1S/C18H15N3O3/c1-20-10-15(16(22)19-13-8-4-5-9-14(13)20)21-17(23)11-6-2-3-7-12(11)18(21)24/h2-9,15H,10H2,1H3,(H,19,22). The number of benzene rings is 2. The van der Waals surface area contributed by atoms with Crippen molar-refractivity contribution >= 4 is 29.1 Å². The fourth-order valence-corrected chi connectivity index (χ4v) is 3.26. The minimum Gasteiger partial charge on any atom is -0.370 e. The lowest BCUT2D eigenvalue weighted by Gasteiger charge is -2.27. The van der Waals surface area contributed by atoms with Gasteiger partial charge in [0.1, 0.15) is 6.04 Å². The number of para-hydroxylation sites is 2. The molecule has 6 heteroatoms. The van der Waals surface area contributed by atoms with E-state index in [1.807, 2.05) is 30.1 Å². The van der Waals surface area contributed by atoms with Crippen molar-refractivity contribution in [1.29, 1.82) is 0 Å². The number of hydrogen-bond donors (Lipinski definition) is 1. The van der Waals surface area contributed by atoms with Gasteiger partial charge < -0.3 is 10.2 Å². The lowest BCUT2D eigenvalue weighted by molar-refractivity contribution is -0.119. The predicted molar refractivity (Wildman–Crippen MR) is 89.1 cm³/mol. The topological polar surface area (TPSA) is 69.7 Å². The monoisotopic (exact) mass is 321 g/mol. The van der Waals surface area contributed by atoms with E-state index in [9.17, 15) is 14.4 Å². The average Bonchev–Trinajstić information content (AvgIpc) is 2.76. The first-order valence-corrected chi connectivity index (χ1v) is 7.66. The van der Waals surface area contributed by atoms with E-state index in [2.05, 4.69) is 5.32 Å². The maximum Gasteiger partial charge on any atom is 0.262 e. The van der Waals surface area contributed by atoms with E-state index in [0.717, 1.165) is 10.6 Å². The highest BCUT2D eigenvalue weighted by Gasteiger charge is 2.44. The molecule has 120 valence electrons. The number of rotatable bonds is 1. The number of nitrogens with one attached hydrogen (secondary N) is 1. The molecule has 0 radical (unpaired) electrons. The molecular weight excluding hydrogens is 306 g/mol. The summed E-state index contributed by atoms with van der Waals surface area (Å²) in [5.74, 6) is -1.20. The molecule has 2 heterocycles. The number of nitrogens with zero attached hydrogens (tertiary/aromatic N) is 2. The minimum atomic E-state index is -0.880. The summed E-state index contributed by atoms with van der Waals surface area (Å²) in [6.45, 7) is 0.244. The van der Waals surface area contributed by atoms with Gasteiger partial charge in [-0.1, -0.05) is 24.3 Å². The highest BCUT2D eigenvalue weighted by Crippen LogP contribution is 2.31. The quantitative estimate of drug-likeness (QED) is 0.812. The predicted octanol–water partition coefficient (Wildman–Crippen LogP) is 1.74. The van der Waals surface area contributed by atoms with Gasteiger partial charge in [0.2, 0.25) is 5.91 Å². The molecule has 0 bridgehead atoms. The van der Waals surface area contributed by atoms with Crippen LogP contribution in [0.4, 0.5) is 11.4 Å². The highest BCUT2D eigenvalue weighted by atomic mass is 16.2. The van der Waals surface area contributed by atoms with Crippen LogP contribution < -0.4 is 10.2 Å². The van der Waals surface area contributed by atoms with E-state index in [1.54, 1.807) is 30.3 Å². The van der Waals surface area contributed by atoms with Gasteiger partial charge in [-0.05, 0) is 24.3 Å². The molecule has 0 spiro atoms. The van der Waals surface area contributed by atoms with Gasteiger partial charge in [-0.3, -0.25) is 19.3 Å². The molecule has 2 aromatic rings. The van der Waals surface area contributed by atoms with Crippen LogP contribution in [0.25, 0.3) is 0 Å². The molecule has 1 unspecified atom stereocenters. The van der Waals surface area contributed by atoms with Crippen LogP contribution in [0.15, 0.2) is 48.5 Å². The van der Waals surface area contributed by atoms with E-state index in [1.165, 1.54) is 0 Å². The molecule has 2 aromatic carbocycles. The molecule has 2 aliphatic rings. The number of anilines is 2. The lowest BCUT2D eigenvalue weighted by Crippen LogP contribution is -2.51. The second kappa shape index (κ2) is 5.19. The van der Waals surface area contributed by atoms with Crippen molar-refractivity contribution in [2.45, 2.75) is 6.04 Å². The zero-order valence-electron chi connectivity index (χ0n) is 13.0. The summed E-state index contributed by atoms with van der Waals surface area (Å²) in [6, 6.07) is 13.2. The van der Waals surface area contributed by atoms with Gasteiger partial charge in [-0.2, -0.15) is 0 Å². The SMILES string of the molecule is CN1CC(N2C(=O)c3ccccc3C2=O)C(=O)Nc2ccccc21. The van der Waals surface area contributed by atoms with E-state index in [-0.39, 0.29) is 12.5 Å². The molecule has 0 aromatic heterocycles. The van der Waals surface area contributed by atoms with Crippen LogP contribution in [-0.2, 0) is 4.79 Å². The third-order valence-electron chi connectivity index (χ3n) is 4.46. The van der Waals surface area contributed by atoms with Crippen molar-refractivity contribution in [3.05, 3.63) is 59.7 Å². The van der Waals surface area contributed by atoms with Gasteiger partial charge in [0.15, 0.2) is 0 Å². The Bertz CT molecular complexity index is 842. The molecule has 0 saturated carbocycles. The number of imide groups is 1. The fraction of sp³-hybridized carbons (Fsp3) is 0.167. The molecule has 1 N–H and O–H groups in total. The smallest absolute Gasteiger partial charge is 0.262 e. The van der Waals surface area contributed by atoms with Crippen LogP contribution in [-0.4, -0.2) is 42.3 Å². The zero-order chi connectivity index (χ0) is 16.8. The molecule has 2 aliphatic heterocycles. The lowest BCUT2D eigenvalue weighted by atomic mass is 10.1. The van der Waals surface area contributed by atoms with Gasteiger partial charge in [0, 0.05) is 13.6 Å². The zero-order valence-corrected chi connectivity index (χ0v) is 13.0. The maximum absolute atomic E-state index is 12.7. The normalized spacial score (nSPS) is 19.7. The molecule has 1 atom stereocenters. The Balaban J connectivity index is 1.73. The maximum atomic E-state index is 12.7. The summed E-state index contributed by atoms with van der Waals surface area (Å²) in [4.78, 5) is 40.9. The van der Waals surface area contributed by atoms with Crippen LogP contribution in [0, 0.1) is 0 Å². The molecule has 0 fully saturated rings. The second-order valence-corrected chi connectivity index (χ2v) is 5.93. The van der Waals surface area contributed by atoms with E-state index < -0.39 is 17.9 Å². The molecule has 0 aliphatic carbocycles. The first-order chi connectivity index (χ1) is 11.6. The molecule has 6 nitrogen and oxygen atoms in total. The summed E-state index contributed by atoms with van der Waals surface area (Å²) in [6.07, 6.45) is 0. The Hall–Kier alpha value is -3.15. The first kappa shape index (κ1) is 14.4. The number of likely N-dealkylation sites (N-methyl/N-ethyl adjacent to an activating group) is 1. The van der Waals surface area contributed by atoms with Crippen LogP contribution in [0.1, 0.15) is 20.7 Å². The largest absolute Gasteiger partial charge is 0.370 e. The average molecular weight is 321 g/mol. The van der Waals surface area contributed by atoms with Gasteiger partial charge in [0.25, 0.3) is 11.8 Å². The summed E-state index contributed by atoms with van der Waals surface area (Å²) >= 11 is 0. The van der Waals surface area contributed by atoms with Crippen LogP contribution in [0.3, 0.4) is 0 Å². The molecular formula is C18H15N3O3. The van der Waals surface area contributed by atoms with Gasteiger partial charge in [-0.15, -0.1) is 0 Å². The summed E-state index contributed by atoms with van der Waals surface area (Å²) in [5.41, 5.74) is 2.22. The van der Waals surface area contributed by atoms with Crippen LogP contribution in [0.2, 0.25) is 0 Å². The minimum absolute atomic E-state index is 0.244.